The summed E-state index contributed by atoms with van der Waals surface area (Å²) in [6.45, 7) is 6.08. The highest BCUT2D eigenvalue weighted by Crippen LogP contribution is 2.36. The van der Waals surface area contributed by atoms with Crippen molar-refractivity contribution in [3.8, 4) is 0 Å². The lowest BCUT2D eigenvalue weighted by Crippen LogP contribution is -2.44. The molecular formula is C10H20O2. The van der Waals surface area contributed by atoms with E-state index in [1.165, 1.54) is 0 Å². The molecule has 0 aromatic rings. The van der Waals surface area contributed by atoms with Gasteiger partial charge in [-0.3, -0.25) is 0 Å². The quantitative estimate of drug-likeness (QED) is 0.630. The summed E-state index contributed by atoms with van der Waals surface area (Å²) in [5, 5.41) is 19.7. The lowest BCUT2D eigenvalue weighted by molar-refractivity contribution is -0.0932. The second kappa shape index (κ2) is 3.35. The molecule has 0 heterocycles. The van der Waals surface area contributed by atoms with E-state index in [0.29, 0.717) is 12.3 Å². The Bertz CT molecular complexity index is 156. The van der Waals surface area contributed by atoms with Crippen molar-refractivity contribution in [3.63, 3.8) is 0 Å². The molecule has 0 bridgehead atoms. The number of rotatable bonds is 1. The summed E-state index contributed by atoms with van der Waals surface area (Å²) in [6.07, 6.45) is 2.01. The first-order chi connectivity index (χ1) is 5.46. The molecule has 2 N–H and O–H groups in total. The smallest absolute Gasteiger partial charge is 0.0695 e. The van der Waals surface area contributed by atoms with Crippen LogP contribution in [0.3, 0.4) is 0 Å². The van der Waals surface area contributed by atoms with Crippen LogP contribution in [0.5, 0.6) is 0 Å². The van der Waals surface area contributed by atoms with E-state index in [1.807, 2.05) is 20.8 Å². The first-order valence-electron chi connectivity index (χ1n) is 4.86. The number of hydrogen-bond acceptors (Lipinski definition) is 2. The van der Waals surface area contributed by atoms with Gasteiger partial charge in [-0.15, -0.1) is 0 Å². The van der Waals surface area contributed by atoms with E-state index in [1.54, 1.807) is 0 Å². The molecule has 2 heteroatoms. The number of aliphatic hydroxyl groups excluding tert-OH is 1. The number of aliphatic hydroxyl groups is 2. The Morgan fingerprint density at radius 3 is 2.42 bits per heavy atom. The van der Waals surface area contributed by atoms with Gasteiger partial charge in [-0.05, 0) is 24.7 Å². The van der Waals surface area contributed by atoms with Gasteiger partial charge < -0.3 is 10.2 Å². The molecule has 1 aliphatic rings. The van der Waals surface area contributed by atoms with Crippen LogP contribution in [-0.2, 0) is 0 Å². The second-order valence-corrected chi connectivity index (χ2v) is 4.55. The highest BCUT2D eigenvalue weighted by Gasteiger charge is 2.39. The Morgan fingerprint density at radius 2 is 2.00 bits per heavy atom. The van der Waals surface area contributed by atoms with Gasteiger partial charge in [0, 0.05) is 6.42 Å². The molecule has 0 aromatic heterocycles. The third kappa shape index (κ3) is 1.80. The van der Waals surface area contributed by atoms with Crippen LogP contribution < -0.4 is 0 Å². The Morgan fingerprint density at radius 1 is 1.42 bits per heavy atom. The third-order valence-electron chi connectivity index (χ3n) is 3.33. The molecule has 1 fully saturated rings. The van der Waals surface area contributed by atoms with Crippen LogP contribution in [0.2, 0.25) is 0 Å². The molecule has 1 saturated carbocycles. The van der Waals surface area contributed by atoms with Crippen LogP contribution in [0.15, 0.2) is 0 Å². The third-order valence-corrected chi connectivity index (χ3v) is 3.33. The van der Waals surface area contributed by atoms with E-state index in [4.69, 9.17) is 0 Å². The molecule has 0 radical (unpaired) electrons. The minimum atomic E-state index is -0.619. The summed E-state index contributed by atoms with van der Waals surface area (Å²) >= 11 is 0. The standard InChI is InChI=1S/C10H20O2/c1-7(2)10(12)5-4-8(3)9(11)6-10/h7-9,11-12H,4-6H2,1-3H3/t8-,9-,10-/m1/s1. The Labute approximate surface area is 74.6 Å². The fraction of sp³-hybridized carbons (Fsp3) is 1.00. The molecule has 0 unspecified atom stereocenters. The van der Waals surface area contributed by atoms with Gasteiger partial charge in [0.15, 0.2) is 0 Å². The Hall–Kier alpha value is -0.0800. The minimum Gasteiger partial charge on any atom is -0.393 e. The predicted molar refractivity (Wildman–Crippen MR) is 48.8 cm³/mol. The Balaban J connectivity index is 2.60. The average molecular weight is 172 g/mol. The topological polar surface area (TPSA) is 40.5 Å². The van der Waals surface area contributed by atoms with Gasteiger partial charge >= 0.3 is 0 Å². The predicted octanol–water partition coefficient (Wildman–Crippen LogP) is 1.55. The van der Waals surface area contributed by atoms with E-state index in [0.717, 1.165) is 12.8 Å². The zero-order valence-electron chi connectivity index (χ0n) is 8.25. The van der Waals surface area contributed by atoms with Crippen molar-refractivity contribution < 1.29 is 10.2 Å². The van der Waals surface area contributed by atoms with Crippen molar-refractivity contribution in [3.05, 3.63) is 0 Å². The SMILES string of the molecule is CC(C)[C@@]1(O)CC[C@@H](C)[C@H](O)C1. The molecule has 12 heavy (non-hydrogen) atoms. The van der Waals surface area contributed by atoms with Gasteiger partial charge in [0.25, 0.3) is 0 Å². The van der Waals surface area contributed by atoms with Crippen molar-refractivity contribution in [1.82, 2.24) is 0 Å². The van der Waals surface area contributed by atoms with Gasteiger partial charge in [0.05, 0.1) is 11.7 Å². The normalized spacial score (nSPS) is 43.5. The molecule has 0 aliphatic heterocycles. The summed E-state index contributed by atoms with van der Waals surface area (Å²) in [5.74, 6) is 0.601. The van der Waals surface area contributed by atoms with Gasteiger partial charge in [0.1, 0.15) is 0 Å². The highest BCUT2D eigenvalue weighted by atomic mass is 16.3. The van der Waals surface area contributed by atoms with E-state index in [2.05, 4.69) is 0 Å². The molecule has 2 nitrogen and oxygen atoms in total. The van der Waals surface area contributed by atoms with Crippen molar-refractivity contribution >= 4 is 0 Å². The van der Waals surface area contributed by atoms with Gasteiger partial charge in [-0.1, -0.05) is 20.8 Å². The molecule has 1 aliphatic carbocycles. The van der Waals surface area contributed by atoms with Crippen LogP contribution in [0, 0.1) is 11.8 Å². The maximum atomic E-state index is 10.1. The molecule has 3 atom stereocenters. The van der Waals surface area contributed by atoms with Crippen LogP contribution in [0.4, 0.5) is 0 Å². The van der Waals surface area contributed by atoms with Crippen molar-refractivity contribution in [2.45, 2.75) is 51.7 Å². The average Bonchev–Trinajstić information content (AvgIpc) is 1.97. The van der Waals surface area contributed by atoms with Crippen LogP contribution in [0.1, 0.15) is 40.0 Å². The lowest BCUT2D eigenvalue weighted by atomic mass is 9.72. The lowest BCUT2D eigenvalue weighted by Gasteiger charge is -2.40. The molecule has 0 saturated heterocycles. The maximum Gasteiger partial charge on any atom is 0.0695 e. The van der Waals surface area contributed by atoms with Gasteiger partial charge in [-0.2, -0.15) is 0 Å². The summed E-state index contributed by atoms with van der Waals surface area (Å²) < 4.78 is 0. The zero-order chi connectivity index (χ0) is 9.35. The molecule has 1 rings (SSSR count). The van der Waals surface area contributed by atoms with Crippen LogP contribution in [-0.4, -0.2) is 21.9 Å². The van der Waals surface area contributed by atoms with Crippen molar-refractivity contribution in [2.24, 2.45) is 11.8 Å². The molecule has 0 spiro atoms. The van der Waals surface area contributed by atoms with Crippen LogP contribution in [0.25, 0.3) is 0 Å². The molecule has 72 valence electrons. The summed E-state index contributed by atoms with van der Waals surface area (Å²) in [5.41, 5.74) is -0.619. The summed E-state index contributed by atoms with van der Waals surface area (Å²) in [7, 11) is 0. The first-order valence-corrected chi connectivity index (χ1v) is 4.86. The minimum absolute atomic E-state index is 0.250. The second-order valence-electron chi connectivity index (χ2n) is 4.55. The first kappa shape index (κ1) is 10.0. The fourth-order valence-corrected chi connectivity index (χ4v) is 1.86. The van der Waals surface area contributed by atoms with E-state index in [-0.39, 0.29) is 12.0 Å². The molecular weight excluding hydrogens is 152 g/mol. The van der Waals surface area contributed by atoms with Crippen LogP contribution >= 0.6 is 0 Å². The van der Waals surface area contributed by atoms with E-state index < -0.39 is 5.60 Å². The molecule has 0 aromatic carbocycles. The largest absolute Gasteiger partial charge is 0.393 e. The zero-order valence-corrected chi connectivity index (χ0v) is 8.25. The van der Waals surface area contributed by atoms with E-state index >= 15 is 0 Å². The Kier molecular flexibility index (Phi) is 2.79. The summed E-state index contributed by atoms with van der Waals surface area (Å²) in [6, 6.07) is 0. The molecule has 0 amide bonds. The fourth-order valence-electron chi connectivity index (χ4n) is 1.86. The monoisotopic (exact) mass is 172 g/mol. The highest BCUT2D eigenvalue weighted by molar-refractivity contribution is 4.91. The summed E-state index contributed by atoms with van der Waals surface area (Å²) in [4.78, 5) is 0. The maximum absolute atomic E-state index is 10.1. The van der Waals surface area contributed by atoms with Crippen molar-refractivity contribution in [1.29, 1.82) is 0 Å². The van der Waals surface area contributed by atoms with Gasteiger partial charge in [0.2, 0.25) is 0 Å². The van der Waals surface area contributed by atoms with E-state index in [9.17, 15) is 10.2 Å². The number of hydrogen-bond donors (Lipinski definition) is 2. The van der Waals surface area contributed by atoms with Gasteiger partial charge in [-0.25, -0.2) is 0 Å². The van der Waals surface area contributed by atoms with Crippen molar-refractivity contribution in [2.75, 3.05) is 0 Å².